The number of ether oxygens (including phenoxy) is 2. The number of hydrogen-bond donors (Lipinski definition) is 2. The molecule has 0 saturated carbocycles. The first kappa shape index (κ1) is 13.8. The molecule has 2 heterocycles. The van der Waals surface area contributed by atoms with Crippen LogP contribution in [0.5, 0.6) is 0 Å². The number of carboxylic acids is 1. The molecule has 19 heavy (non-hydrogen) atoms. The van der Waals surface area contributed by atoms with Crippen molar-refractivity contribution in [1.82, 2.24) is 4.98 Å². The van der Waals surface area contributed by atoms with E-state index < -0.39 is 12.3 Å². The monoisotopic (exact) mass is 266 g/mol. The van der Waals surface area contributed by atoms with Gasteiger partial charge >= 0.3 is 5.97 Å². The fraction of sp³-hybridized carbons (Fsp3) is 0.538. The lowest BCUT2D eigenvalue weighted by Crippen LogP contribution is -2.16. The third-order valence-electron chi connectivity index (χ3n) is 2.96. The van der Waals surface area contributed by atoms with Crippen LogP contribution in [0.3, 0.4) is 0 Å². The summed E-state index contributed by atoms with van der Waals surface area (Å²) in [5.74, 6) is -0.461. The Morgan fingerprint density at radius 3 is 2.79 bits per heavy atom. The zero-order valence-electron chi connectivity index (χ0n) is 11.0. The van der Waals surface area contributed by atoms with Crippen LogP contribution in [0, 0.1) is 0 Å². The Balaban J connectivity index is 2.29. The van der Waals surface area contributed by atoms with Crippen molar-refractivity contribution in [3.8, 4) is 0 Å². The second-order valence-corrected chi connectivity index (χ2v) is 4.50. The Morgan fingerprint density at radius 1 is 1.53 bits per heavy atom. The van der Waals surface area contributed by atoms with Gasteiger partial charge in [-0.15, -0.1) is 0 Å². The average molecular weight is 266 g/mol. The van der Waals surface area contributed by atoms with Gasteiger partial charge in [-0.05, 0) is 25.5 Å². The van der Waals surface area contributed by atoms with Gasteiger partial charge in [-0.2, -0.15) is 0 Å². The zero-order chi connectivity index (χ0) is 13.8. The molecule has 0 bridgehead atoms. The number of aromatic nitrogens is 1. The second-order valence-electron chi connectivity index (χ2n) is 4.50. The Morgan fingerprint density at radius 2 is 2.21 bits per heavy atom. The van der Waals surface area contributed by atoms with E-state index in [1.807, 2.05) is 13.8 Å². The number of carboxylic acid groups (broad SMARTS) is 1. The third kappa shape index (κ3) is 3.42. The molecule has 0 aromatic carbocycles. The summed E-state index contributed by atoms with van der Waals surface area (Å²) in [5, 5.41) is 12.3. The van der Waals surface area contributed by atoms with Crippen LogP contribution < -0.4 is 5.32 Å². The van der Waals surface area contributed by atoms with E-state index in [1.165, 1.54) is 12.1 Å². The molecule has 0 spiro atoms. The first-order chi connectivity index (χ1) is 9.10. The van der Waals surface area contributed by atoms with E-state index in [2.05, 4.69) is 10.3 Å². The summed E-state index contributed by atoms with van der Waals surface area (Å²) < 4.78 is 10.7. The van der Waals surface area contributed by atoms with Crippen molar-refractivity contribution >= 4 is 11.8 Å². The zero-order valence-corrected chi connectivity index (χ0v) is 11.0. The molecule has 1 unspecified atom stereocenters. The quantitative estimate of drug-likeness (QED) is 0.848. The van der Waals surface area contributed by atoms with E-state index in [0.29, 0.717) is 24.7 Å². The first-order valence-electron chi connectivity index (χ1n) is 6.35. The largest absolute Gasteiger partial charge is 0.478 e. The third-order valence-corrected chi connectivity index (χ3v) is 2.96. The van der Waals surface area contributed by atoms with Gasteiger partial charge in [-0.1, -0.05) is 6.92 Å². The predicted molar refractivity (Wildman–Crippen MR) is 69.2 cm³/mol. The summed E-state index contributed by atoms with van der Waals surface area (Å²) in [6.45, 7) is 5.05. The van der Waals surface area contributed by atoms with Gasteiger partial charge in [0.2, 0.25) is 6.29 Å². The lowest BCUT2D eigenvalue weighted by atomic mass is 10.2. The number of hydrogen-bond acceptors (Lipinski definition) is 5. The Kier molecular flexibility index (Phi) is 4.34. The number of nitrogens with one attached hydrogen (secondary N) is 1. The molecule has 1 aromatic rings. The second kappa shape index (κ2) is 5.99. The highest BCUT2D eigenvalue weighted by Gasteiger charge is 2.22. The molecule has 0 radical (unpaired) electrons. The highest BCUT2D eigenvalue weighted by Crippen LogP contribution is 2.24. The average Bonchev–Trinajstić information content (AvgIpc) is 2.92. The topological polar surface area (TPSA) is 80.7 Å². The van der Waals surface area contributed by atoms with Crippen LogP contribution in [-0.2, 0) is 9.47 Å². The van der Waals surface area contributed by atoms with Gasteiger partial charge in [0.15, 0.2) is 0 Å². The molecule has 1 atom stereocenters. The lowest BCUT2D eigenvalue weighted by molar-refractivity contribution is -0.0472. The fourth-order valence-electron chi connectivity index (χ4n) is 1.75. The van der Waals surface area contributed by atoms with Crippen LogP contribution >= 0.6 is 0 Å². The van der Waals surface area contributed by atoms with Gasteiger partial charge in [0.1, 0.15) is 5.82 Å². The molecule has 6 nitrogen and oxygen atoms in total. The van der Waals surface area contributed by atoms with Crippen molar-refractivity contribution in [2.75, 3.05) is 18.5 Å². The van der Waals surface area contributed by atoms with Crippen molar-refractivity contribution in [3.05, 3.63) is 23.4 Å². The maximum absolute atomic E-state index is 11.1. The van der Waals surface area contributed by atoms with Crippen molar-refractivity contribution < 1.29 is 19.4 Å². The van der Waals surface area contributed by atoms with Crippen LogP contribution in [0.4, 0.5) is 5.82 Å². The molecular weight excluding hydrogens is 248 g/mol. The molecule has 1 aliphatic rings. The van der Waals surface area contributed by atoms with Gasteiger partial charge in [-0.3, -0.25) is 0 Å². The molecule has 1 aromatic heterocycles. The van der Waals surface area contributed by atoms with E-state index in [0.717, 1.165) is 6.42 Å². The molecule has 6 heteroatoms. The van der Waals surface area contributed by atoms with Gasteiger partial charge in [0, 0.05) is 6.04 Å². The molecule has 104 valence electrons. The van der Waals surface area contributed by atoms with Crippen molar-refractivity contribution in [2.45, 2.75) is 32.6 Å². The highest BCUT2D eigenvalue weighted by molar-refractivity contribution is 5.88. The van der Waals surface area contributed by atoms with Gasteiger partial charge < -0.3 is 19.9 Å². The van der Waals surface area contributed by atoms with Crippen LogP contribution in [0.1, 0.15) is 42.6 Å². The number of rotatable bonds is 5. The van der Waals surface area contributed by atoms with Gasteiger partial charge in [-0.25, -0.2) is 9.78 Å². The maximum atomic E-state index is 11.1. The summed E-state index contributed by atoms with van der Waals surface area (Å²) in [4.78, 5) is 15.5. The minimum absolute atomic E-state index is 0.176. The number of pyridine rings is 1. The Bertz CT molecular complexity index is 458. The Hall–Kier alpha value is -1.66. The van der Waals surface area contributed by atoms with Crippen LogP contribution in [0.25, 0.3) is 0 Å². The van der Waals surface area contributed by atoms with Crippen LogP contribution in [0.15, 0.2) is 12.1 Å². The number of aromatic carboxylic acids is 1. The maximum Gasteiger partial charge on any atom is 0.335 e. The summed E-state index contributed by atoms with van der Waals surface area (Å²) in [7, 11) is 0. The first-order valence-corrected chi connectivity index (χ1v) is 6.35. The molecule has 0 aliphatic carbocycles. The fourth-order valence-corrected chi connectivity index (χ4v) is 1.75. The van der Waals surface area contributed by atoms with Crippen molar-refractivity contribution in [1.29, 1.82) is 0 Å². The standard InChI is InChI=1S/C13H18N2O4/c1-3-8(2)14-11-7-9(12(16)17)6-10(15-11)13-18-4-5-19-13/h6-8,13H,3-5H2,1-2H3,(H,14,15)(H,16,17). The predicted octanol–water partition coefficient (Wildman–Crippen LogP) is 2.04. The normalized spacial score (nSPS) is 17.4. The summed E-state index contributed by atoms with van der Waals surface area (Å²) in [5.41, 5.74) is 0.665. The van der Waals surface area contributed by atoms with Crippen molar-refractivity contribution in [2.24, 2.45) is 0 Å². The molecule has 1 fully saturated rings. The van der Waals surface area contributed by atoms with E-state index in [9.17, 15) is 4.79 Å². The molecule has 2 N–H and O–H groups in total. The van der Waals surface area contributed by atoms with E-state index in [4.69, 9.17) is 14.6 Å². The van der Waals surface area contributed by atoms with Crippen LogP contribution in [-0.4, -0.2) is 35.3 Å². The molecule has 1 aliphatic heterocycles. The minimum atomic E-state index is -0.992. The summed E-state index contributed by atoms with van der Waals surface area (Å²) in [6.07, 6.45) is 0.349. The minimum Gasteiger partial charge on any atom is -0.478 e. The molecule has 0 amide bonds. The molecular formula is C13H18N2O4. The van der Waals surface area contributed by atoms with E-state index >= 15 is 0 Å². The summed E-state index contributed by atoms with van der Waals surface area (Å²) in [6, 6.07) is 3.22. The molecule has 2 rings (SSSR count). The smallest absolute Gasteiger partial charge is 0.335 e. The van der Waals surface area contributed by atoms with E-state index in [-0.39, 0.29) is 11.6 Å². The van der Waals surface area contributed by atoms with Crippen molar-refractivity contribution in [3.63, 3.8) is 0 Å². The summed E-state index contributed by atoms with van der Waals surface area (Å²) >= 11 is 0. The Labute approximate surface area is 111 Å². The number of carbonyl (C=O) groups is 1. The van der Waals surface area contributed by atoms with Gasteiger partial charge in [0.25, 0.3) is 0 Å². The molecule has 1 saturated heterocycles. The highest BCUT2D eigenvalue weighted by atomic mass is 16.7. The number of anilines is 1. The number of nitrogens with zero attached hydrogens (tertiary/aromatic N) is 1. The van der Waals surface area contributed by atoms with E-state index in [1.54, 1.807) is 0 Å². The lowest BCUT2D eigenvalue weighted by Gasteiger charge is -2.15. The van der Waals surface area contributed by atoms with Crippen LogP contribution in [0.2, 0.25) is 0 Å². The SMILES string of the molecule is CCC(C)Nc1cc(C(=O)O)cc(C2OCCO2)n1. The van der Waals surface area contributed by atoms with Gasteiger partial charge in [0.05, 0.1) is 24.5 Å².